The molecule has 0 aliphatic rings. The molecule has 1 aromatic carbocycles. The Morgan fingerprint density at radius 3 is 2.81 bits per heavy atom. The van der Waals surface area contributed by atoms with Crippen LogP contribution in [0.25, 0.3) is 0 Å². The van der Waals surface area contributed by atoms with Gasteiger partial charge in [-0.1, -0.05) is 11.6 Å². The summed E-state index contributed by atoms with van der Waals surface area (Å²) in [5, 5.41) is 11.3. The average molecular weight is 244 g/mol. The first-order valence-corrected chi connectivity index (χ1v) is 5.29. The van der Waals surface area contributed by atoms with Gasteiger partial charge in [0.05, 0.1) is 4.92 Å². The van der Waals surface area contributed by atoms with Crippen LogP contribution in [0.2, 0.25) is 5.02 Å². The highest BCUT2D eigenvalue weighted by Crippen LogP contribution is 2.30. The molecule has 0 aromatic heterocycles. The fraction of sp³-hybridized carbons (Fsp3) is 0.400. The van der Waals surface area contributed by atoms with Gasteiger partial charge in [-0.05, 0) is 25.1 Å². The molecule has 0 atom stereocenters. The molecule has 0 saturated heterocycles. The van der Waals surface area contributed by atoms with E-state index < -0.39 is 4.92 Å². The molecule has 0 saturated carbocycles. The molecule has 0 fully saturated rings. The van der Waals surface area contributed by atoms with Crippen LogP contribution in [0, 0.1) is 10.1 Å². The topological polar surface area (TPSA) is 72.4 Å². The lowest BCUT2D eigenvalue weighted by atomic mass is 10.2. The zero-order valence-corrected chi connectivity index (χ0v) is 9.78. The second-order valence-corrected chi connectivity index (χ2v) is 3.89. The Morgan fingerprint density at radius 2 is 2.25 bits per heavy atom. The Labute approximate surface area is 98.9 Å². The van der Waals surface area contributed by atoms with E-state index in [-0.39, 0.29) is 5.69 Å². The zero-order chi connectivity index (χ0) is 12.1. The minimum atomic E-state index is -0.412. The summed E-state index contributed by atoms with van der Waals surface area (Å²) in [5.74, 6) is 0. The zero-order valence-electron chi connectivity index (χ0n) is 9.02. The van der Waals surface area contributed by atoms with Crippen molar-refractivity contribution in [2.75, 3.05) is 25.0 Å². The third-order valence-corrected chi connectivity index (χ3v) is 2.48. The van der Waals surface area contributed by atoms with Gasteiger partial charge in [0, 0.05) is 24.7 Å². The second kappa shape index (κ2) is 5.67. The highest BCUT2D eigenvalue weighted by atomic mass is 35.5. The van der Waals surface area contributed by atoms with Crippen LogP contribution < -0.4 is 10.6 Å². The van der Waals surface area contributed by atoms with Crippen LogP contribution in [0.4, 0.5) is 11.4 Å². The standard InChI is InChI=1S/C10H14ClN3O2/c1-13(6-2-5-12)10-7-8(11)3-4-9(10)14(15)16/h3-4,7H,2,5-6,12H2,1H3. The van der Waals surface area contributed by atoms with Crippen molar-refractivity contribution in [1.29, 1.82) is 0 Å². The smallest absolute Gasteiger partial charge is 0.292 e. The van der Waals surface area contributed by atoms with Crippen LogP contribution in [0.1, 0.15) is 6.42 Å². The third-order valence-electron chi connectivity index (χ3n) is 2.24. The predicted octanol–water partition coefficient (Wildman–Crippen LogP) is 2.03. The SMILES string of the molecule is CN(CCCN)c1cc(Cl)ccc1[N+](=O)[O-]. The van der Waals surface area contributed by atoms with Gasteiger partial charge in [-0.15, -0.1) is 0 Å². The first-order chi connectivity index (χ1) is 7.56. The number of nitro benzene ring substituents is 1. The molecule has 0 spiro atoms. The van der Waals surface area contributed by atoms with Gasteiger partial charge in [0.1, 0.15) is 5.69 Å². The number of nitrogens with two attached hydrogens (primary N) is 1. The summed E-state index contributed by atoms with van der Waals surface area (Å²) in [6.45, 7) is 1.22. The van der Waals surface area contributed by atoms with Gasteiger partial charge in [-0.2, -0.15) is 0 Å². The summed E-state index contributed by atoms with van der Waals surface area (Å²) in [6.07, 6.45) is 0.778. The van der Waals surface area contributed by atoms with E-state index in [1.54, 1.807) is 18.0 Å². The van der Waals surface area contributed by atoms with Gasteiger partial charge >= 0.3 is 0 Å². The molecule has 2 N–H and O–H groups in total. The van der Waals surface area contributed by atoms with Crippen LogP contribution in [0.15, 0.2) is 18.2 Å². The summed E-state index contributed by atoms with van der Waals surface area (Å²) in [7, 11) is 1.79. The molecular formula is C10H14ClN3O2. The Bertz CT molecular complexity index is 384. The molecule has 0 radical (unpaired) electrons. The molecule has 0 amide bonds. The van der Waals surface area contributed by atoms with Gasteiger partial charge in [0.25, 0.3) is 5.69 Å². The number of hydrogen-bond donors (Lipinski definition) is 1. The van der Waals surface area contributed by atoms with Crippen molar-refractivity contribution < 1.29 is 4.92 Å². The minimum absolute atomic E-state index is 0.0592. The van der Waals surface area contributed by atoms with Crippen molar-refractivity contribution in [3.05, 3.63) is 33.3 Å². The second-order valence-electron chi connectivity index (χ2n) is 3.45. The van der Waals surface area contributed by atoms with Crippen molar-refractivity contribution >= 4 is 23.0 Å². The number of nitrogens with zero attached hydrogens (tertiary/aromatic N) is 2. The van der Waals surface area contributed by atoms with E-state index >= 15 is 0 Å². The predicted molar refractivity (Wildman–Crippen MR) is 65.0 cm³/mol. The number of anilines is 1. The highest BCUT2D eigenvalue weighted by Gasteiger charge is 2.16. The Kier molecular flexibility index (Phi) is 4.52. The van der Waals surface area contributed by atoms with E-state index in [2.05, 4.69) is 0 Å². The molecule has 0 aliphatic carbocycles. The van der Waals surface area contributed by atoms with Crippen molar-refractivity contribution in [1.82, 2.24) is 0 Å². The Hall–Kier alpha value is -1.33. The molecule has 6 heteroatoms. The number of hydrogen-bond acceptors (Lipinski definition) is 4. The van der Waals surface area contributed by atoms with Crippen molar-refractivity contribution in [3.63, 3.8) is 0 Å². The summed E-state index contributed by atoms with van der Waals surface area (Å²) in [4.78, 5) is 12.2. The van der Waals surface area contributed by atoms with Crippen molar-refractivity contribution in [2.24, 2.45) is 5.73 Å². The van der Waals surface area contributed by atoms with Crippen molar-refractivity contribution in [2.45, 2.75) is 6.42 Å². The quantitative estimate of drug-likeness (QED) is 0.634. The van der Waals surface area contributed by atoms with Crippen LogP contribution >= 0.6 is 11.6 Å². The number of rotatable bonds is 5. The van der Waals surface area contributed by atoms with Crippen LogP contribution in [0.5, 0.6) is 0 Å². The Balaban J connectivity index is 2.99. The third kappa shape index (κ3) is 3.08. The van der Waals surface area contributed by atoms with E-state index in [9.17, 15) is 10.1 Å². The van der Waals surface area contributed by atoms with Crippen molar-refractivity contribution in [3.8, 4) is 0 Å². The molecular weight excluding hydrogens is 230 g/mol. The average Bonchev–Trinajstić information content (AvgIpc) is 2.25. The van der Waals surface area contributed by atoms with E-state index in [1.807, 2.05) is 0 Å². The molecule has 1 rings (SSSR count). The van der Waals surface area contributed by atoms with Gasteiger partial charge < -0.3 is 10.6 Å². The summed E-state index contributed by atoms with van der Waals surface area (Å²) < 4.78 is 0. The molecule has 0 heterocycles. The van der Waals surface area contributed by atoms with Crippen LogP contribution in [0.3, 0.4) is 0 Å². The number of benzene rings is 1. The maximum atomic E-state index is 10.8. The lowest BCUT2D eigenvalue weighted by molar-refractivity contribution is -0.384. The van der Waals surface area contributed by atoms with E-state index in [0.29, 0.717) is 23.8 Å². The lowest BCUT2D eigenvalue weighted by Gasteiger charge is -2.18. The van der Waals surface area contributed by atoms with Crippen LogP contribution in [-0.4, -0.2) is 25.1 Å². The van der Waals surface area contributed by atoms with E-state index in [1.165, 1.54) is 12.1 Å². The molecule has 1 aromatic rings. The van der Waals surface area contributed by atoms with Gasteiger partial charge in [0.15, 0.2) is 0 Å². The van der Waals surface area contributed by atoms with Gasteiger partial charge in [0.2, 0.25) is 0 Å². The fourth-order valence-corrected chi connectivity index (χ4v) is 1.57. The summed E-state index contributed by atoms with van der Waals surface area (Å²) in [5.41, 5.74) is 5.97. The number of halogens is 1. The van der Waals surface area contributed by atoms with Gasteiger partial charge in [-0.25, -0.2) is 0 Å². The van der Waals surface area contributed by atoms with E-state index in [0.717, 1.165) is 6.42 Å². The Morgan fingerprint density at radius 1 is 1.56 bits per heavy atom. The minimum Gasteiger partial charge on any atom is -0.369 e. The molecule has 0 bridgehead atoms. The van der Waals surface area contributed by atoms with Gasteiger partial charge in [-0.3, -0.25) is 10.1 Å². The maximum Gasteiger partial charge on any atom is 0.292 e. The maximum absolute atomic E-state index is 10.8. The van der Waals surface area contributed by atoms with E-state index in [4.69, 9.17) is 17.3 Å². The molecule has 0 unspecified atom stereocenters. The number of nitro groups is 1. The summed E-state index contributed by atoms with van der Waals surface area (Å²) >= 11 is 5.83. The molecule has 0 aliphatic heterocycles. The highest BCUT2D eigenvalue weighted by molar-refractivity contribution is 6.31. The summed E-state index contributed by atoms with van der Waals surface area (Å²) in [6, 6.07) is 4.52. The first kappa shape index (κ1) is 12.7. The fourth-order valence-electron chi connectivity index (χ4n) is 1.41. The molecule has 5 nitrogen and oxygen atoms in total. The largest absolute Gasteiger partial charge is 0.369 e. The van der Waals surface area contributed by atoms with Crippen LogP contribution in [-0.2, 0) is 0 Å². The molecule has 88 valence electrons. The molecule has 16 heavy (non-hydrogen) atoms. The lowest BCUT2D eigenvalue weighted by Crippen LogP contribution is -2.21. The normalized spacial score (nSPS) is 10.2. The monoisotopic (exact) mass is 243 g/mol. The first-order valence-electron chi connectivity index (χ1n) is 4.91.